The average molecular weight is 221 g/mol. The van der Waals surface area contributed by atoms with Gasteiger partial charge in [0.2, 0.25) is 0 Å². The van der Waals surface area contributed by atoms with Gasteiger partial charge in [-0.3, -0.25) is 4.98 Å². The Hall–Kier alpha value is -0.930. The predicted molar refractivity (Wildman–Crippen MR) is 62.1 cm³/mol. The highest BCUT2D eigenvalue weighted by Crippen LogP contribution is 2.36. The first-order valence-electron chi connectivity index (χ1n) is 5.85. The Morgan fingerprint density at radius 2 is 2.25 bits per heavy atom. The van der Waals surface area contributed by atoms with Gasteiger partial charge >= 0.3 is 0 Å². The van der Waals surface area contributed by atoms with Crippen LogP contribution in [0.15, 0.2) is 18.5 Å². The van der Waals surface area contributed by atoms with Crippen LogP contribution in [0.5, 0.6) is 0 Å². The van der Waals surface area contributed by atoms with Gasteiger partial charge in [-0.15, -0.1) is 0 Å². The summed E-state index contributed by atoms with van der Waals surface area (Å²) < 4.78 is 5.74. The zero-order valence-corrected chi connectivity index (χ0v) is 9.94. The molecule has 1 aromatic rings. The number of ether oxygens (including phenoxy) is 1. The SMILES string of the molecule is Cc1cncc(C(O)C2(C)CCCCO2)c1. The molecule has 0 radical (unpaired) electrons. The van der Waals surface area contributed by atoms with Crippen LogP contribution in [0.25, 0.3) is 0 Å². The zero-order chi connectivity index (χ0) is 11.6. The van der Waals surface area contributed by atoms with Gasteiger partial charge in [0.25, 0.3) is 0 Å². The number of aryl methyl sites for hydroxylation is 1. The van der Waals surface area contributed by atoms with Gasteiger partial charge in [0.05, 0.1) is 5.60 Å². The van der Waals surface area contributed by atoms with Gasteiger partial charge < -0.3 is 9.84 Å². The van der Waals surface area contributed by atoms with Gasteiger partial charge in [0, 0.05) is 24.6 Å². The lowest BCUT2D eigenvalue weighted by atomic mass is 9.86. The summed E-state index contributed by atoms with van der Waals surface area (Å²) in [5.74, 6) is 0. The number of hydrogen-bond acceptors (Lipinski definition) is 3. The number of pyridine rings is 1. The second-order valence-corrected chi connectivity index (χ2v) is 4.82. The van der Waals surface area contributed by atoms with E-state index in [0.29, 0.717) is 0 Å². The molecule has 1 aromatic heterocycles. The monoisotopic (exact) mass is 221 g/mol. The third kappa shape index (κ3) is 2.25. The Morgan fingerprint density at radius 3 is 2.88 bits per heavy atom. The van der Waals surface area contributed by atoms with Crippen LogP contribution in [-0.4, -0.2) is 22.3 Å². The number of aromatic nitrogens is 1. The second kappa shape index (κ2) is 4.52. The molecule has 0 aromatic carbocycles. The van der Waals surface area contributed by atoms with Gasteiger partial charge in [0.15, 0.2) is 0 Å². The lowest BCUT2D eigenvalue weighted by Gasteiger charge is -2.38. The molecule has 0 saturated carbocycles. The van der Waals surface area contributed by atoms with Crippen LogP contribution in [-0.2, 0) is 4.74 Å². The summed E-state index contributed by atoms with van der Waals surface area (Å²) in [4.78, 5) is 4.12. The minimum Gasteiger partial charge on any atom is -0.385 e. The molecule has 1 saturated heterocycles. The molecule has 1 aliphatic rings. The number of nitrogens with zero attached hydrogens (tertiary/aromatic N) is 1. The Labute approximate surface area is 96.5 Å². The first-order chi connectivity index (χ1) is 7.62. The fourth-order valence-corrected chi connectivity index (χ4v) is 2.25. The molecule has 0 aliphatic carbocycles. The van der Waals surface area contributed by atoms with Gasteiger partial charge in [0.1, 0.15) is 6.10 Å². The molecule has 3 nitrogen and oxygen atoms in total. The van der Waals surface area contributed by atoms with Crippen molar-refractivity contribution in [3.8, 4) is 0 Å². The highest BCUT2D eigenvalue weighted by atomic mass is 16.5. The summed E-state index contributed by atoms with van der Waals surface area (Å²) >= 11 is 0. The van der Waals surface area contributed by atoms with Crippen LogP contribution in [0, 0.1) is 6.92 Å². The van der Waals surface area contributed by atoms with Crippen LogP contribution >= 0.6 is 0 Å². The van der Waals surface area contributed by atoms with Crippen molar-refractivity contribution in [1.29, 1.82) is 0 Å². The number of aliphatic hydroxyl groups is 1. The Kier molecular flexibility index (Phi) is 3.26. The third-order valence-electron chi connectivity index (χ3n) is 3.29. The van der Waals surface area contributed by atoms with Crippen molar-refractivity contribution in [3.05, 3.63) is 29.6 Å². The van der Waals surface area contributed by atoms with Gasteiger partial charge in [-0.25, -0.2) is 0 Å². The Balaban J connectivity index is 2.20. The molecule has 16 heavy (non-hydrogen) atoms. The predicted octanol–water partition coefficient (Wildman–Crippen LogP) is 2.38. The van der Waals surface area contributed by atoms with E-state index in [2.05, 4.69) is 4.98 Å². The van der Waals surface area contributed by atoms with E-state index in [0.717, 1.165) is 37.0 Å². The van der Waals surface area contributed by atoms with E-state index >= 15 is 0 Å². The molecule has 0 bridgehead atoms. The van der Waals surface area contributed by atoms with Gasteiger partial charge in [-0.1, -0.05) is 6.07 Å². The smallest absolute Gasteiger partial charge is 0.109 e. The summed E-state index contributed by atoms with van der Waals surface area (Å²) in [6, 6.07) is 1.97. The van der Waals surface area contributed by atoms with E-state index in [1.165, 1.54) is 0 Å². The second-order valence-electron chi connectivity index (χ2n) is 4.82. The van der Waals surface area contributed by atoms with E-state index < -0.39 is 11.7 Å². The summed E-state index contributed by atoms with van der Waals surface area (Å²) in [5.41, 5.74) is 1.47. The van der Waals surface area contributed by atoms with Crippen LogP contribution in [0.1, 0.15) is 43.4 Å². The highest BCUT2D eigenvalue weighted by molar-refractivity contribution is 5.21. The van der Waals surface area contributed by atoms with E-state index in [4.69, 9.17) is 4.74 Å². The number of aliphatic hydroxyl groups excluding tert-OH is 1. The molecule has 1 fully saturated rings. The minimum atomic E-state index is -0.583. The van der Waals surface area contributed by atoms with Crippen LogP contribution < -0.4 is 0 Å². The largest absolute Gasteiger partial charge is 0.385 e. The maximum absolute atomic E-state index is 10.4. The zero-order valence-electron chi connectivity index (χ0n) is 9.94. The summed E-state index contributed by atoms with van der Waals surface area (Å²) in [7, 11) is 0. The lowest BCUT2D eigenvalue weighted by molar-refractivity contribution is -0.138. The topological polar surface area (TPSA) is 42.4 Å². The summed E-state index contributed by atoms with van der Waals surface area (Å²) in [5, 5.41) is 10.4. The van der Waals surface area contributed by atoms with E-state index in [1.54, 1.807) is 12.4 Å². The standard InChI is InChI=1S/C13H19NO2/c1-10-7-11(9-14-8-10)12(15)13(2)5-3-4-6-16-13/h7-9,12,15H,3-6H2,1-2H3. The molecule has 0 amide bonds. The number of rotatable bonds is 2. The van der Waals surface area contributed by atoms with Crippen molar-refractivity contribution in [1.82, 2.24) is 4.98 Å². The maximum atomic E-state index is 10.4. The number of hydrogen-bond donors (Lipinski definition) is 1. The van der Waals surface area contributed by atoms with E-state index in [-0.39, 0.29) is 0 Å². The summed E-state index contributed by atoms with van der Waals surface area (Å²) in [6.07, 6.45) is 6.05. The van der Waals surface area contributed by atoms with Crippen LogP contribution in [0.4, 0.5) is 0 Å². The molecule has 2 unspecified atom stereocenters. The average Bonchev–Trinajstić information content (AvgIpc) is 2.29. The fourth-order valence-electron chi connectivity index (χ4n) is 2.25. The lowest BCUT2D eigenvalue weighted by Crippen LogP contribution is -2.39. The van der Waals surface area contributed by atoms with Crippen molar-refractivity contribution < 1.29 is 9.84 Å². The molecule has 1 N–H and O–H groups in total. The van der Waals surface area contributed by atoms with E-state index in [9.17, 15) is 5.11 Å². The summed E-state index contributed by atoms with van der Waals surface area (Å²) in [6.45, 7) is 4.71. The van der Waals surface area contributed by atoms with Crippen LogP contribution in [0.2, 0.25) is 0 Å². The van der Waals surface area contributed by atoms with Crippen molar-refractivity contribution in [2.75, 3.05) is 6.61 Å². The molecular weight excluding hydrogens is 202 g/mol. The van der Waals surface area contributed by atoms with Crippen molar-refractivity contribution in [3.63, 3.8) is 0 Å². The van der Waals surface area contributed by atoms with Gasteiger partial charge in [-0.05, 0) is 38.7 Å². The first-order valence-corrected chi connectivity index (χ1v) is 5.85. The van der Waals surface area contributed by atoms with E-state index in [1.807, 2.05) is 19.9 Å². The maximum Gasteiger partial charge on any atom is 0.109 e. The highest BCUT2D eigenvalue weighted by Gasteiger charge is 2.36. The normalized spacial score (nSPS) is 27.7. The van der Waals surface area contributed by atoms with Crippen molar-refractivity contribution in [2.24, 2.45) is 0 Å². The fraction of sp³-hybridized carbons (Fsp3) is 0.615. The molecule has 2 rings (SSSR count). The molecule has 2 heterocycles. The third-order valence-corrected chi connectivity index (χ3v) is 3.29. The molecule has 1 aliphatic heterocycles. The molecule has 3 heteroatoms. The molecule has 0 spiro atoms. The molecule has 88 valence electrons. The quantitative estimate of drug-likeness (QED) is 0.833. The van der Waals surface area contributed by atoms with Crippen molar-refractivity contribution >= 4 is 0 Å². The first kappa shape index (κ1) is 11.6. The Morgan fingerprint density at radius 1 is 1.44 bits per heavy atom. The Bertz CT molecular complexity index is 359. The van der Waals surface area contributed by atoms with Crippen LogP contribution in [0.3, 0.4) is 0 Å². The van der Waals surface area contributed by atoms with Gasteiger partial charge in [-0.2, -0.15) is 0 Å². The minimum absolute atomic E-state index is 0.451. The van der Waals surface area contributed by atoms with Crippen molar-refractivity contribution in [2.45, 2.75) is 44.8 Å². The molecule has 2 atom stereocenters. The molecular formula is C13H19NO2.